The molecule has 156 valence electrons. The topological polar surface area (TPSA) is 69.6 Å². The van der Waals surface area contributed by atoms with E-state index in [0.29, 0.717) is 32.0 Å². The van der Waals surface area contributed by atoms with E-state index in [0.717, 1.165) is 30.5 Å². The van der Waals surface area contributed by atoms with Gasteiger partial charge in [-0.15, -0.1) is 0 Å². The zero-order chi connectivity index (χ0) is 20.6. The molecule has 0 N–H and O–H groups in total. The van der Waals surface area contributed by atoms with E-state index in [1.165, 1.54) is 22.5 Å². The summed E-state index contributed by atoms with van der Waals surface area (Å²) in [6.07, 6.45) is 5.27. The first-order valence-electron chi connectivity index (χ1n) is 9.89. The molecule has 0 radical (unpaired) electrons. The predicted octanol–water partition coefficient (Wildman–Crippen LogP) is 2.50. The minimum Gasteiger partial charge on any atom is -0.363 e. The molecule has 1 aromatic carbocycles. The highest BCUT2D eigenvalue weighted by atomic mass is 32.2. The Morgan fingerprint density at radius 2 is 1.66 bits per heavy atom. The van der Waals surface area contributed by atoms with Crippen molar-refractivity contribution in [1.82, 2.24) is 14.3 Å². The lowest BCUT2D eigenvalue weighted by Gasteiger charge is -2.39. The fraction of sp³-hybridized carbons (Fsp3) is 0.500. The summed E-state index contributed by atoms with van der Waals surface area (Å²) in [5.74, 6) is 1.21. The van der Waals surface area contributed by atoms with Gasteiger partial charge in [0.2, 0.25) is 10.0 Å². The number of piperidine rings is 1. The van der Waals surface area contributed by atoms with Crippen LogP contribution in [0.3, 0.4) is 0 Å². The highest BCUT2D eigenvalue weighted by Crippen LogP contribution is 2.36. The first-order valence-corrected chi connectivity index (χ1v) is 11.3. The van der Waals surface area contributed by atoms with Gasteiger partial charge in [0.25, 0.3) is 0 Å². The smallest absolute Gasteiger partial charge is 0.243 e. The minimum absolute atomic E-state index is 0.0152. The molecule has 29 heavy (non-hydrogen) atoms. The standard InChI is InChI=1S/C20H26FN5O2S/c1-24(2)19-13-20(23-14-22-19)26(16-6-7-16)17-8-10-25(11-9-17)29(27,28)18-5-3-4-15(21)12-18/h3-5,12-14,16-17H,6-11H2,1-2H3. The zero-order valence-electron chi connectivity index (χ0n) is 16.7. The summed E-state index contributed by atoms with van der Waals surface area (Å²) in [4.78, 5) is 13.1. The van der Waals surface area contributed by atoms with Crippen molar-refractivity contribution in [3.63, 3.8) is 0 Å². The Balaban J connectivity index is 1.50. The molecule has 1 aromatic heterocycles. The van der Waals surface area contributed by atoms with Gasteiger partial charge in [-0.25, -0.2) is 22.8 Å². The second-order valence-corrected chi connectivity index (χ2v) is 9.80. The van der Waals surface area contributed by atoms with Crippen LogP contribution in [-0.2, 0) is 10.0 Å². The molecular weight excluding hydrogens is 393 g/mol. The second-order valence-electron chi connectivity index (χ2n) is 7.86. The lowest BCUT2D eigenvalue weighted by molar-refractivity contribution is 0.308. The van der Waals surface area contributed by atoms with E-state index < -0.39 is 15.8 Å². The average Bonchev–Trinajstić information content (AvgIpc) is 3.54. The van der Waals surface area contributed by atoms with Crippen molar-refractivity contribution in [2.24, 2.45) is 0 Å². The average molecular weight is 420 g/mol. The number of sulfonamides is 1. The summed E-state index contributed by atoms with van der Waals surface area (Å²) in [7, 11) is 0.217. The molecule has 2 heterocycles. The van der Waals surface area contributed by atoms with Gasteiger partial charge in [0.05, 0.1) is 4.90 Å². The maximum absolute atomic E-state index is 13.5. The van der Waals surface area contributed by atoms with Crippen molar-refractivity contribution in [2.75, 3.05) is 37.0 Å². The molecule has 1 saturated heterocycles. The van der Waals surface area contributed by atoms with Gasteiger partial charge in [-0.05, 0) is 43.9 Å². The van der Waals surface area contributed by atoms with Gasteiger partial charge >= 0.3 is 0 Å². The van der Waals surface area contributed by atoms with Crippen LogP contribution in [0.15, 0.2) is 41.6 Å². The first-order chi connectivity index (χ1) is 13.9. The molecule has 1 saturated carbocycles. The van der Waals surface area contributed by atoms with Crippen molar-refractivity contribution in [3.05, 3.63) is 42.5 Å². The van der Waals surface area contributed by atoms with E-state index in [2.05, 4.69) is 14.9 Å². The van der Waals surface area contributed by atoms with Gasteiger partial charge < -0.3 is 9.80 Å². The molecule has 2 aromatic rings. The van der Waals surface area contributed by atoms with Crippen molar-refractivity contribution < 1.29 is 12.8 Å². The number of anilines is 2. The van der Waals surface area contributed by atoms with Crippen LogP contribution in [-0.4, -0.2) is 62.0 Å². The van der Waals surface area contributed by atoms with E-state index in [4.69, 9.17) is 0 Å². The molecule has 0 unspecified atom stereocenters. The molecule has 0 amide bonds. The van der Waals surface area contributed by atoms with Crippen LogP contribution in [0.5, 0.6) is 0 Å². The van der Waals surface area contributed by atoms with E-state index in [1.54, 1.807) is 6.33 Å². The monoisotopic (exact) mass is 419 g/mol. The normalized spacial score (nSPS) is 18.6. The number of nitrogens with zero attached hydrogens (tertiary/aromatic N) is 5. The molecule has 0 bridgehead atoms. The summed E-state index contributed by atoms with van der Waals surface area (Å²) in [5.41, 5.74) is 0. The fourth-order valence-corrected chi connectivity index (χ4v) is 5.39. The van der Waals surface area contributed by atoms with Gasteiger partial charge in [-0.1, -0.05) is 6.07 Å². The summed E-state index contributed by atoms with van der Waals surface area (Å²) in [6, 6.07) is 7.90. The van der Waals surface area contributed by atoms with Crippen LogP contribution in [0.1, 0.15) is 25.7 Å². The Bertz CT molecular complexity index is 972. The second kappa shape index (κ2) is 7.87. The lowest BCUT2D eigenvalue weighted by atomic mass is 10.0. The van der Waals surface area contributed by atoms with Crippen LogP contribution < -0.4 is 9.80 Å². The summed E-state index contributed by atoms with van der Waals surface area (Å²) >= 11 is 0. The van der Waals surface area contributed by atoms with Crippen LogP contribution in [0.25, 0.3) is 0 Å². The van der Waals surface area contributed by atoms with Crippen molar-refractivity contribution >= 4 is 21.7 Å². The Morgan fingerprint density at radius 3 is 2.28 bits per heavy atom. The van der Waals surface area contributed by atoms with Crippen molar-refractivity contribution in [2.45, 2.75) is 42.7 Å². The highest BCUT2D eigenvalue weighted by molar-refractivity contribution is 7.89. The molecule has 0 atom stereocenters. The van der Waals surface area contributed by atoms with E-state index in [9.17, 15) is 12.8 Å². The van der Waals surface area contributed by atoms with Gasteiger partial charge in [0.15, 0.2) is 0 Å². The lowest BCUT2D eigenvalue weighted by Crippen LogP contribution is -2.48. The molecule has 2 aliphatic rings. The molecule has 9 heteroatoms. The van der Waals surface area contributed by atoms with Gasteiger partial charge in [-0.2, -0.15) is 4.31 Å². The Morgan fingerprint density at radius 1 is 1.00 bits per heavy atom. The van der Waals surface area contributed by atoms with Crippen molar-refractivity contribution in [3.8, 4) is 0 Å². The molecule has 1 aliphatic heterocycles. The van der Waals surface area contributed by atoms with Gasteiger partial charge in [-0.3, -0.25) is 0 Å². The number of rotatable bonds is 6. The number of hydrogen-bond donors (Lipinski definition) is 0. The molecular formula is C20H26FN5O2S. The molecule has 7 nitrogen and oxygen atoms in total. The third-order valence-corrected chi connectivity index (χ3v) is 7.45. The van der Waals surface area contributed by atoms with E-state index in [1.807, 2.05) is 25.1 Å². The number of benzene rings is 1. The zero-order valence-corrected chi connectivity index (χ0v) is 17.5. The van der Waals surface area contributed by atoms with Crippen LogP contribution >= 0.6 is 0 Å². The van der Waals surface area contributed by atoms with E-state index in [-0.39, 0.29) is 10.9 Å². The Hall–Kier alpha value is -2.26. The highest BCUT2D eigenvalue weighted by Gasteiger charge is 2.38. The van der Waals surface area contributed by atoms with Crippen molar-refractivity contribution in [1.29, 1.82) is 0 Å². The number of hydrogen-bond acceptors (Lipinski definition) is 6. The van der Waals surface area contributed by atoms with Gasteiger partial charge in [0, 0.05) is 45.3 Å². The van der Waals surface area contributed by atoms with E-state index >= 15 is 0 Å². The SMILES string of the molecule is CN(C)c1cc(N(C2CC2)C2CCN(S(=O)(=O)c3cccc(F)c3)CC2)ncn1. The van der Waals surface area contributed by atoms with Crippen LogP contribution in [0, 0.1) is 5.82 Å². The third kappa shape index (κ3) is 4.20. The first kappa shape index (κ1) is 20.0. The Labute approximate surface area is 171 Å². The summed E-state index contributed by atoms with van der Waals surface area (Å²) in [5, 5.41) is 0. The molecule has 4 rings (SSSR count). The molecule has 2 fully saturated rings. The number of aromatic nitrogens is 2. The van der Waals surface area contributed by atoms with Gasteiger partial charge in [0.1, 0.15) is 23.8 Å². The predicted molar refractivity (Wildman–Crippen MR) is 110 cm³/mol. The minimum atomic E-state index is -3.68. The third-order valence-electron chi connectivity index (χ3n) is 5.55. The largest absolute Gasteiger partial charge is 0.363 e. The van der Waals surface area contributed by atoms with Crippen LogP contribution in [0.4, 0.5) is 16.0 Å². The maximum atomic E-state index is 13.5. The summed E-state index contributed by atoms with van der Waals surface area (Å²) < 4.78 is 40.7. The quantitative estimate of drug-likeness (QED) is 0.717. The Kier molecular flexibility index (Phi) is 5.44. The molecule has 1 aliphatic carbocycles. The number of halogens is 1. The van der Waals surface area contributed by atoms with Crippen LogP contribution in [0.2, 0.25) is 0 Å². The summed E-state index contributed by atoms with van der Waals surface area (Å²) in [6.45, 7) is 0.830. The molecule has 0 spiro atoms. The maximum Gasteiger partial charge on any atom is 0.243 e. The fourth-order valence-electron chi connectivity index (χ4n) is 3.89.